The van der Waals surface area contributed by atoms with Gasteiger partial charge in [-0.3, -0.25) is 14.5 Å². The summed E-state index contributed by atoms with van der Waals surface area (Å²) in [5.74, 6) is 0.321. The Morgan fingerprint density at radius 2 is 1.85 bits per heavy atom. The zero-order valence-corrected chi connectivity index (χ0v) is 15.8. The Hall–Kier alpha value is -2.15. The average Bonchev–Trinajstić information content (AvgIpc) is 2.65. The molecule has 0 unspecified atom stereocenters. The molecule has 1 aliphatic rings. The van der Waals surface area contributed by atoms with Crippen molar-refractivity contribution in [3.8, 4) is 5.75 Å². The van der Waals surface area contributed by atoms with Gasteiger partial charge in [-0.05, 0) is 43.1 Å². The van der Waals surface area contributed by atoms with Crippen molar-refractivity contribution in [1.29, 1.82) is 0 Å². The van der Waals surface area contributed by atoms with E-state index in [9.17, 15) is 14.0 Å². The van der Waals surface area contributed by atoms with Crippen LogP contribution in [-0.2, 0) is 9.59 Å². The van der Waals surface area contributed by atoms with E-state index in [2.05, 4.69) is 5.32 Å². The molecule has 0 aromatic heterocycles. The second-order valence-corrected chi connectivity index (χ2v) is 7.12. The fourth-order valence-electron chi connectivity index (χ4n) is 3.42. The van der Waals surface area contributed by atoms with Crippen LogP contribution in [0.25, 0.3) is 0 Å². The SMILES string of the molecule is NC(=O)CN(CCC1CCCCC1)CC(=O)NCCOc1ccc(F)cc1. The maximum atomic E-state index is 12.8. The van der Waals surface area contributed by atoms with Crippen molar-refractivity contribution in [2.24, 2.45) is 11.7 Å². The number of ether oxygens (including phenoxy) is 1. The van der Waals surface area contributed by atoms with Gasteiger partial charge in [-0.25, -0.2) is 4.39 Å². The number of primary amides is 1. The van der Waals surface area contributed by atoms with Crippen LogP contribution in [0.3, 0.4) is 0 Å². The molecule has 2 rings (SSSR count). The lowest BCUT2D eigenvalue weighted by atomic mass is 9.87. The summed E-state index contributed by atoms with van der Waals surface area (Å²) in [5, 5.41) is 2.77. The Bertz CT molecular complexity index is 589. The molecular formula is C20H30FN3O3. The number of hydrogen-bond acceptors (Lipinski definition) is 4. The largest absolute Gasteiger partial charge is 0.492 e. The average molecular weight is 379 g/mol. The first kappa shape index (κ1) is 21.2. The summed E-state index contributed by atoms with van der Waals surface area (Å²) in [5.41, 5.74) is 5.32. The third-order valence-electron chi connectivity index (χ3n) is 4.83. The van der Waals surface area contributed by atoms with Crippen molar-refractivity contribution >= 4 is 11.8 Å². The molecule has 0 saturated heterocycles. The molecule has 6 nitrogen and oxygen atoms in total. The third-order valence-corrected chi connectivity index (χ3v) is 4.83. The summed E-state index contributed by atoms with van der Waals surface area (Å²) in [6.45, 7) is 1.56. The minimum absolute atomic E-state index is 0.0895. The Morgan fingerprint density at radius 3 is 2.52 bits per heavy atom. The topological polar surface area (TPSA) is 84.7 Å². The van der Waals surface area contributed by atoms with Gasteiger partial charge in [-0.1, -0.05) is 32.1 Å². The molecule has 2 amide bonds. The molecule has 1 aromatic carbocycles. The Morgan fingerprint density at radius 1 is 1.15 bits per heavy atom. The van der Waals surface area contributed by atoms with Crippen LogP contribution in [0.5, 0.6) is 5.75 Å². The highest BCUT2D eigenvalue weighted by atomic mass is 19.1. The van der Waals surface area contributed by atoms with Crippen LogP contribution >= 0.6 is 0 Å². The molecule has 0 aliphatic heterocycles. The lowest BCUT2D eigenvalue weighted by molar-refractivity contribution is -0.124. The van der Waals surface area contributed by atoms with E-state index in [0.29, 0.717) is 24.8 Å². The molecule has 1 fully saturated rings. The van der Waals surface area contributed by atoms with E-state index >= 15 is 0 Å². The zero-order valence-electron chi connectivity index (χ0n) is 15.8. The van der Waals surface area contributed by atoms with Gasteiger partial charge in [-0.15, -0.1) is 0 Å². The molecule has 0 bridgehead atoms. The van der Waals surface area contributed by atoms with Gasteiger partial charge in [0, 0.05) is 0 Å². The van der Waals surface area contributed by atoms with Crippen LogP contribution in [0.4, 0.5) is 4.39 Å². The number of hydrogen-bond donors (Lipinski definition) is 2. The van der Waals surface area contributed by atoms with Gasteiger partial charge in [-0.2, -0.15) is 0 Å². The predicted octanol–water partition coefficient (Wildman–Crippen LogP) is 2.08. The molecule has 0 spiro atoms. The van der Waals surface area contributed by atoms with Gasteiger partial charge >= 0.3 is 0 Å². The van der Waals surface area contributed by atoms with E-state index in [1.807, 2.05) is 4.90 Å². The highest BCUT2D eigenvalue weighted by Crippen LogP contribution is 2.26. The molecule has 0 radical (unpaired) electrons. The number of halogens is 1. The molecule has 1 saturated carbocycles. The summed E-state index contributed by atoms with van der Waals surface area (Å²) >= 11 is 0. The normalized spacial score (nSPS) is 14.9. The number of amides is 2. The number of rotatable bonds is 11. The van der Waals surface area contributed by atoms with Gasteiger partial charge in [0.15, 0.2) is 0 Å². The van der Waals surface area contributed by atoms with Crippen molar-refractivity contribution in [2.45, 2.75) is 38.5 Å². The van der Waals surface area contributed by atoms with Crippen LogP contribution < -0.4 is 15.8 Å². The quantitative estimate of drug-likeness (QED) is 0.577. The molecule has 1 aromatic rings. The first-order valence-corrected chi connectivity index (χ1v) is 9.68. The van der Waals surface area contributed by atoms with Gasteiger partial charge in [0.25, 0.3) is 0 Å². The fourth-order valence-corrected chi connectivity index (χ4v) is 3.42. The van der Waals surface area contributed by atoms with E-state index < -0.39 is 5.91 Å². The van der Waals surface area contributed by atoms with Crippen molar-refractivity contribution < 1.29 is 18.7 Å². The monoisotopic (exact) mass is 379 g/mol. The van der Waals surface area contributed by atoms with Crippen molar-refractivity contribution in [1.82, 2.24) is 10.2 Å². The van der Waals surface area contributed by atoms with Crippen molar-refractivity contribution in [3.05, 3.63) is 30.1 Å². The Balaban J connectivity index is 1.67. The van der Waals surface area contributed by atoms with Gasteiger partial charge < -0.3 is 15.8 Å². The summed E-state index contributed by atoms with van der Waals surface area (Å²) in [6, 6.07) is 5.72. The minimum atomic E-state index is -0.425. The molecule has 0 heterocycles. The first-order chi connectivity index (χ1) is 13.0. The maximum absolute atomic E-state index is 12.8. The number of nitrogens with two attached hydrogens (primary N) is 1. The van der Waals surface area contributed by atoms with E-state index in [1.54, 1.807) is 0 Å². The maximum Gasteiger partial charge on any atom is 0.234 e. The van der Waals surface area contributed by atoms with Gasteiger partial charge in [0.1, 0.15) is 18.2 Å². The summed E-state index contributed by atoms with van der Waals surface area (Å²) < 4.78 is 18.3. The molecule has 3 N–H and O–H groups in total. The standard InChI is InChI=1S/C20H30FN3O3/c21-17-6-8-18(9-7-17)27-13-11-23-20(26)15-24(14-19(22)25)12-10-16-4-2-1-3-5-16/h6-9,16H,1-5,10-15H2,(H2,22,25)(H,23,26). The minimum Gasteiger partial charge on any atom is -0.492 e. The van der Waals surface area contributed by atoms with Crippen LogP contribution in [0, 0.1) is 11.7 Å². The van der Waals surface area contributed by atoms with Crippen LogP contribution in [-0.4, -0.2) is 49.5 Å². The number of carbonyl (C=O) groups is 2. The molecule has 150 valence electrons. The summed E-state index contributed by atoms with van der Waals surface area (Å²) in [6.07, 6.45) is 7.32. The smallest absolute Gasteiger partial charge is 0.234 e. The second-order valence-electron chi connectivity index (χ2n) is 7.12. The lowest BCUT2D eigenvalue weighted by Gasteiger charge is -2.26. The molecule has 7 heteroatoms. The van der Waals surface area contributed by atoms with E-state index in [4.69, 9.17) is 10.5 Å². The van der Waals surface area contributed by atoms with E-state index in [1.165, 1.54) is 56.4 Å². The zero-order chi connectivity index (χ0) is 19.5. The number of nitrogens with zero attached hydrogens (tertiary/aromatic N) is 1. The highest BCUT2D eigenvalue weighted by Gasteiger charge is 2.17. The Kier molecular flexibility index (Phi) is 9.04. The number of carbonyl (C=O) groups excluding carboxylic acids is 2. The lowest BCUT2D eigenvalue weighted by Crippen LogP contribution is -2.43. The van der Waals surface area contributed by atoms with E-state index in [0.717, 1.165) is 6.42 Å². The van der Waals surface area contributed by atoms with Gasteiger partial charge in [0.2, 0.25) is 11.8 Å². The Labute approximate surface area is 160 Å². The molecule has 27 heavy (non-hydrogen) atoms. The van der Waals surface area contributed by atoms with Gasteiger partial charge in [0.05, 0.1) is 19.6 Å². The van der Waals surface area contributed by atoms with Crippen LogP contribution in [0.15, 0.2) is 24.3 Å². The molecular weight excluding hydrogens is 349 g/mol. The highest BCUT2D eigenvalue weighted by molar-refractivity contribution is 5.80. The van der Waals surface area contributed by atoms with Crippen LogP contribution in [0.2, 0.25) is 0 Å². The van der Waals surface area contributed by atoms with E-state index in [-0.39, 0.29) is 31.4 Å². The molecule has 1 aliphatic carbocycles. The third kappa shape index (κ3) is 8.86. The predicted molar refractivity (Wildman–Crippen MR) is 102 cm³/mol. The second kappa shape index (κ2) is 11.5. The fraction of sp³-hybridized carbons (Fsp3) is 0.600. The summed E-state index contributed by atoms with van der Waals surface area (Å²) in [4.78, 5) is 25.2. The number of benzene rings is 1. The van der Waals surface area contributed by atoms with Crippen molar-refractivity contribution in [3.63, 3.8) is 0 Å². The van der Waals surface area contributed by atoms with Crippen LogP contribution in [0.1, 0.15) is 38.5 Å². The van der Waals surface area contributed by atoms with Crippen molar-refractivity contribution in [2.75, 3.05) is 32.8 Å². The summed E-state index contributed by atoms with van der Waals surface area (Å²) in [7, 11) is 0. The first-order valence-electron chi connectivity index (χ1n) is 9.68. The molecule has 0 atom stereocenters. The number of nitrogens with one attached hydrogen (secondary N) is 1.